The molecule has 118 valence electrons. The van der Waals surface area contributed by atoms with Gasteiger partial charge in [-0.3, -0.25) is 4.90 Å². The number of rotatable bonds is 7. The lowest BCUT2D eigenvalue weighted by atomic mass is 10.1. The van der Waals surface area contributed by atoms with Crippen LogP contribution >= 0.6 is 11.6 Å². The van der Waals surface area contributed by atoms with Crippen molar-refractivity contribution in [3.63, 3.8) is 0 Å². The first-order chi connectivity index (χ1) is 10.2. The van der Waals surface area contributed by atoms with Gasteiger partial charge in [-0.25, -0.2) is 0 Å². The van der Waals surface area contributed by atoms with Crippen LogP contribution in [0.3, 0.4) is 0 Å². The molecule has 1 saturated heterocycles. The number of halogens is 1. The Morgan fingerprint density at radius 1 is 1.10 bits per heavy atom. The highest BCUT2D eigenvalue weighted by atomic mass is 35.5. The number of benzene rings is 1. The van der Waals surface area contributed by atoms with Gasteiger partial charge in [0.05, 0.1) is 13.2 Å². The maximum absolute atomic E-state index is 6.14. The van der Waals surface area contributed by atoms with E-state index < -0.39 is 0 Å². The fourth-order valence-electron chi connectivity index (χ4n) is 2.44. The third-order valence-electron chi connectivity index (χ3n) is 3.67. The molecule has 0 saturated carbocycles. The number of ether oxygens (including phenoxy) is 2. The molecular formula is C16H25ClN2O2. The van der Waals surface area contributed by atoms with Gasteiger partial charge in [-0.1, -0.05) is 11.6 Å². The van der Waals surface area contributed by atoms with Gasteiger partial charge in [0.25, 0.3) is 0 Å². The summed E-state index contributed by atoms with van der Waals surface area (Å²) in [5, 5.41) is 4.16. The number of piperazine rings is 1. The second-order valence-corrected chi connectivity index (χ2v) is 5.80. The minimum absolute atomic E-state index is 0.571. The molecule has 0 atom stereocenters. The van der Waals surface area contributed by atoms with E-state index in [2.05, 4.69) is 10.2 Å². The predicted molar refractivity (Wildman–Crippen MR) is 86.5 cm³/mol. The number of hydrogen-bond acceptors (Lipinski definition) is 4. The summed E-state index contributed by atoms with van der Waals surface area (Å²) >= 11 is 6.14. The Kier molecular flexibility index (Phi) is 6.77. The first-order valence-electron chi connectivity index (χ1n) is 7.57. The van der Waals surface area contributed by atoms with Crippen LogP contribution in [0, 0.1) is 13.8 Å². The summed E-state index contributed by atoms with van der Waals surface area (Å²) in [6.07, 6.45) is 0. The van der Waals surface area contributed by atoms with Crippen molar-refractivity contribution < 1.29 is 9.47 Å². The van der Waals surface area contributed by atoms with Crippen LogP contribution in [0.5, 0.6) is 5.75 Å². The molecule has 0 aromatic heterocycles. The van der Waals surface area contributed by atoms with Gasteiger partial charge >= 0.3 is 0 Å². The highest BCUT2D eigenvalue weighted by Crippen LogP contribution is 2.25. The zero-order valence-electron chi connectivity index (χ0n) is 13.0. The average molecular weight is 313 g/mol. The van der Waals surface area contributed by atoms with Crippen LogP contribution in [0.2, 0.25) is 5.02 Å². The molecule has 2 rings (SSSR count). The van der Waals surface area contributed by atoms with Gasteiger partial charge in [0, 0.05) is 37.7 Å². The topological polar surface area (TPSA) is 33.7 Å². The summed E-state index contributed by atoms with van der Waals surface area (Å²) in [7, 11) is 0. The Morgan fingerprint density at radius 2 is 1.76 bits per heavy atom. The summed E-state index contributed by atoms with van der Waals surface area (Å²) < 4.78 is 11.3. The van der Waals surface area contributed by atoms with Crippen molar-refractivity contribution in [2.24, 2.45) is 0 Å². The van der Waals surface area contributed by atoms with Crippen LogP contribution in [0.4, 0.5) is 0 Å². The predicted octanol–water partition coefficient (Wildman–Crippen LogP) is 2.26. The van der Waals surface area contributed by atoms with Crippen molar-refractivity contribution in [2.75, 3.05) is 52.5 Å². The van der Waals surface area contributed by atoms with Crippen molar-refractivity contribution in [1.29, 1.82) is 0 Å². The van der Waals surface area contributed by atoms with Gasteiger partial charge in [0.2, 0.25) is 0 Å². The minimum atomic E-state index is 0.571. The smallest absolute Gasteiger partial charge is 0.120 e. The van der Waals surface area contributed by atoms with E-state index in [1.54, 1.807) is 0 Å². The molecule has 5 heteroatoms. The first-order valence-corrected chi connectivity index (χ1v) is 7.95. The molecule has 1 aliphatic heterocycles. The number of hydrogen-bond donors (Lipinski definition) is 1. The Labute approximate surface area is 132 Å². The third-order valence-corrected chi connectivity index (χ3v) is 4.26. The van der Waals surface area contributed by atoms with Gasteiger partial charge in [0.1, 0.15) is 12.4 Å². The number of nitrogens with zero attached hydrogens (tertiary/aromatic N) is 1. The van der Waals surface area contributed by atoms with Crippen LogP contribution in [0.1, 0.15) is 11.1 Å². The third kappa shape index (κ3) is 5.47. The summed E-state index contributed by atoms with van der Waals surface area (Å²) in [6.45, 7) is 11.3. The van der Waals surface area contributed by atoms with Gasteiger partial charge in [0.15, 0.2) is 0 Å². The molecule has 1 fully saturated rings. The quantitative estimate of drug-likeness (QED) is 0.783. The summed E-state index contributed by atoms with van der Waals surface area (Å²) in [4.78, 5) is 2.42. The SMILES string of the molecule is Cc1cc(OCCOCCN2CCNCC2)cc(C)c1Cl. The van der Waals surface area contributed by atoms with Gasteiger partial charge in [-0.05, 0) is 37.1 Å². The van der Waals surface area contributed by atoms with Crippen molar-refractivity contribution in [2.45, 2.75) is 13.8 Å². The molecule has 0 bridgehead atoms. The van der Waals surface area contributed by atoms with Crippen molar-refractivity contribution in [1.82, 2.24) is 10.2 Å². The molecular weight excluding hydrogens is 288 g/mol. The molecule has 1 aromatic rings. The largest absolute Gasteiger partial charge is 0.491 e. The Morgan fingerprint density at radius 3 is 2.43 bits per heavy atom. The lowest BCUT2D eigenvalue weighted by Gasteiger charge is -2.26. The van der Waals surface area contributed by atoms with E-state index in [4.69, 9.17) is 21.1 Å². The lowest BCUT2D eigenvalue weighted by molar-refractivity contribution is 0.0767. The monoisotopic (exact) mass is 312 g/mol. The molecule has 1 aliphatic rings. The van der Waals surface area contributed by atoms with Crippen molar-refractivity contribution >= 4 is 11.6 Å². The second-order valence-electron chi connectivity index (χ2n) is 5.42. The average Bonchev–Trinajstić information content (AvgIpc) is 2.49. The molecule has 21 heavy (non-hydrogen) atoms. The standard InChI is InChI=1S/C16H25ClN2O2/c1-13-11-15(12-14(2)16(13)17)21-10-9-20-8-7-19-5-3-18-4-6-19/h11-12,18H,3-10H2,1-2H3. The summed E-state index contributed by atoms with van der Waals surface area (Å²) in [5.74, 6) is 0.861. The molecule has 0 unspecified atom stereocenters. The number of aryl methyl sites for hydroxylation is 2. The molecule has 0 amide bonds. The molecule has 1 N–H and O–H groups in total. The van der Waals surface area contributed by atoms with E-state index in [0.29, 0.717) is 13.2 Å². The van der Waals surface area contributed by atoms with E-state index in [1.807, 2.05) is 26.0 Å². The van der Waals surface area contributed by atoms with Crippen molar-refractivity contribution in [3.8, 4) is 5.75 Å². The Balaban J connectivity index is 1.59. The van der Waals surface area contributed by atoms with Crippen LogP contribution < -0.4 is 10.1 Å². The van der Waals surface area contributed by atoms with E-state index >= 15 is 0 Å². The molecule has 1 heterocycles. The van der Waals surface area contributed by atoms with Gasteiger partial charge in [-0.15, -0.1) is 0 Å². The lowest BCUT2D eigenvalue weighted by Crippen LogP contribution is -2.44. The Bertz CT molecular complexity index is 425. The molecule has 0 aliphatic carbocycles. The fraction of sp³-hybridized carbons (Fsp3) is 0.625. The first kappa shape index (κ1) is 16.6. The van der Waals surface area contributed by atoms with E-state index in [-0.39, 0.29) is 0 Å². The van der Waals surface area contributed by atoms with Gasteiger partial charge < -0.3 is 14.8 Å². The van der Waals surface area contributed by atoms with E-state index in [1.165, 1.54) is 0 Å². The van der Waals surface area contributed by atoms with Gasteiger partial charge in [-0.2, -0.15) is 0 Å². The Hall–Kier alpha value is -0.810. The van der Waals surface area contributed by atoms with Crippen LogP contribution in [-0.2, 0) is 4.74 Å². The fourth-order valence-corrected chi connectivity index (χ4v) is 2.55. The normalized spacial score (nSPS) is 16.1. The highest BCUT2D eigenvalue weighted by Gasteiger charge is 2.08. The highest BCUT2D eigenvalue weighted by molar-refractivity contribution is 6.32. The molecule has 0 radical (unpaired) electrons. The zero-order chi connectivity index (χ0) is 15.1. The van der Waals surface area contributed by atoms with E-state index in [9.17, 15) is 0 Å². The maximum atomic E-state index is 6.14. The zero-order valence-corrected chi connectivity index (χ0v) is 13.7. The molecule has 0 spiro atoms. The van der Waals surface area contributed by atoms with Crippen molar-refractivity contribution in [3.05, 3.63) is 28.3 Å². The molecule has 1 aromatic carbocycles. The van der Waals surface area contributed by atoms with Crippen LogP contribution in [-0.4, -0.2) is 57.4 Å². The summed E-state index contributed by atoms with van der Waals surface area (Å²) in [5.41, 5.74) is 2.09. The maximum Gasteiger partial charge on any atom is 0.120 e. The minimum Gasteiger partial charge on any atom is -0.491 e. The number of nitrogens with one attached hydrogen (secondary N) is 1. The van der Waals surface area contributed by atoms with E-state index in [0.717, 1.165) is 61.2 Å². The van der Waals surface area contributed by atoms with Crippen LogP contribution in [0.25, 0.3) is 0 Å². The molecule has 4 nitrogen and oxygen atoms in total. The summed E-state index contributed by atoms with van der Waals surface area (Å²) in [6, 6.07) is 3.94. The van der Waals surface area contributed by atoms with Crippen LogP contribution in [0.15, 0.2) is 12.1 Å². The second kappa shape index (κ2) is 8.59.